The van der Waals surface area contributed by atoms with E-state index in [9.17, 15) is 8.78 Å². The molecule has 1 atom stereocenters. The maximum absolute atomic E-state index is 13.6. The molecule has 0 saturated heterocycles. The second-order valence-corrected chi connectivity index (χ2v) is 5.04. The molecule has 20 heavy (non-hydrogen) atoms. The quantitative estimate of drug-likeness (QED) is 0.657. The molecule has 0 aliphatic rings. The highest BCUT2D eigenvalue weighted by molar-refractivity contribution is 6.30. The SMILES string of the molecule is NNC(Cc1cccc(Cl)c1)Cc1c(F)cccc1F. The van der Waals surface area contributed by atoms with Crippen LogP contribution in [0.5, 0.6) is 0 Å². The number of benzene rings is 2. The maximum atomic E-state index is 13.6. The predicted octanol–water partition coefficient (Wildman–Crippen LogP) is 3.24. The van der Waals surface area contributed by atoms with Gasteiger partial charge in [0.15, 0.2) is 0 Å². The first kappa shape index (κ1) is 14.9. The molecule has 0 amide bonds. The molecule has 2 aromatic carbocycles. The third-order valence-corrected chi connectivity index (χ3v) is 3.35. The Bertz CT molecular complexity index is 570. The van der Waals surface area contributed by atoms with E-state index in [0.29, 0.717) is 11.4 Å². The van der Waals surface area contributed by atoms with Crippen LogP contribution in [-0.4, -0.2) is 6.04 Å². The van der Waals surface area contributed by atoms with E-state index in [2.05, 4.69) is 5.43 Å². The van der Waals surface area contributed by atoms with E-state index in [1.165, 1.54) is 18.2 Å². The van der Waals surface area contributed by atoms with Crippen molar-refractivity contribution in [3.05, 3.63) is 70.2 Å². The summed E-state index contributed by atoms with van der Waals surface area (Å²) in [6, 6.07) is 10.9. The molecule has 0 heterocycles. The second-order valence-electron chi connectivity index (χ2n) is 4.60. The van der Waals surface area contributed by atoms with Gasteiger partial charge in [0.2, 0.25) is 0 Å². The highest BCUT2D eigenvalue weighted by atomic mass is 35.5. The molecule has 0 aliphatic carbocycles. The molecule has 106 valence electrons. The van der Waals surface area contributed by atoms with Crippen molar-refractivity contribution in [2.24, 2.45) is 5.84 Å². The van der Waals surface area contributed by atoms with Crippen molar-refractivity contribution in [1.82, 2.24) is 5.43 Å². The summed E-state index contributed by atoms with van der Waals surface area (Å²) in [7, 11) is 0. The fraction of sp³-hybridized carbons (Fsp3) is 0.200. The number of hydrogen-bond donors (Lipinski definition) is 2. The van der Waals surface area contributed by atoms with Gasteiger partial charge >= 0.3 is 0 Å². The zero-order chi connectivity index (χ0) is 14.5. The first-order chi connectivity index (χ1) is 9.60. The summed E-state index contributed by atoms with van der Waals surface area (Å²) in [4.78, 5) is 0. The van der Waals surface area contributed by atoms with Gasteiger partial charge in [-0.05, 0) is 42.7 Å². The lowest BCUT2D eigenvalue weighted by atomic mass is 9.99. The number of rotatable bonds is 5. The summed E-state index contributed by atoms with van der Waals surface area (Å²) in [5, 5.41) is 0.621. The molecule has 0 saturated carbocycles. The van der Waals surface area contributed by atoms with Gasteiger partial charge in [0, 0.05) is 16.6 Å². The van der Waals surface area contributed by atoms with Crippen molar-refractivity contribution in [3.63, 3.8) is 0 Å². The lowest BCUT2D eigenvalue weighted by Gasteiger charge is -2.17. The third kappa shape index (κ3) is 3.76. The Morgan fingerprint density at radius 1 is 1.05 bits per heavy atom. The van der Waals surface area contributed by atoms with E-state index in [4.69, 9.17) is 17.4 Å². The predicted molar refractivity (Wildman–Crippen MR) is 76.3 cm³/mol. The highest BCUT2D eigenvalue weighted by Crippen LogP contribution is 2.17. The summed E-state index contributed by atoms with van der Waals surface area (Å²) in [6.07, 6.45) is 0.701. The van der Waals surface area contributed by atoms with Crippen molar-refractivity contribution >= 4 is 11.6 Å². The molecule has 1 unspecified atom stereocenters. The largest absolute Gasteiger partial charge is 0.271 e. The number of hydrazine groups is 1. The van der Waals surface area contributed by atoms with Crippen LogP contribution >= 0.6 is 11.6 Å². The molecule has 0 radical (unpaired) electrons. The molecular formula is C15H15ClF2N2. The number of hydrogen-bond acceptors (Lipinski definition) is 2. The number of halogens is 3. The van der Waals surface area contributed by atoms with Gasteiger partial charge < -0.3 is 0 Å². The zero-order valence-electron chi connectivity index (χ0n) is 10.7. The van der Waals surface area contributed by atoms with E-state index in [1.807, 2.05) is 18.2 Å². The average Bonchev–Trinajstić information content (AvgIpc) is 2.42. The van der Waals surface area contributed by atoms with Gasteiger partial charge in [-0.1, -0.05) is 29.8 Å². The van der Waals surface area contributed by atoms with Crippen LogP contribution in [0.15, 0.2) is 42.5 Å². The Morgan fingerprint density at radius 3 is 2.30 bits per heavy atom. The summed E-state index contributed by atoms with van der Waals surface area (Å²) in [6.45, 7) is 0. The van der Waals surface area contributed by atoms with E-state index >= 15 is 0 Å². The normalized spacial score (nSPS) is 12.4. The van der Waals surface area contributed by atoms with Crippen molar-refractivity contribution in [1.29, 1.82) is 0 Å². The first-order valence-electron chi connectivity index (χ1n) is 6.23. The second kappa shape index (κ2) is 6.79. The van der Waals surface area contributed by atoms with Crippen LogP contribution in [-0.2, 0) is 12.8 Å². The summed E-state index contributed by atoms with van der Waals surface area (Å²) >= 11 is 5.91. The van der Waals surface area contributed by atoms with Crippen LogP contribution in [0.4, 0.5) is 8.78 Å². The number of nitrogens with one attached hydrogen (secondary N) is 1. The monoisotopic (exact) mass is 296 g/mol. The van der Waals surface area contributed by atoms with Crippen LogP contribution in [0.3, 0.4) is 0 Å². The smallest absolute Gasteiger partial charge is 0.129 e. The van der Waals surface area contributed by atoms with Crippen molar-refractivity contribution in [3.8, 4) is 0 Å². The molecule has 2 aromatic rings. The van der Waals surface area contributed by atoms with Gasteiger partial charge in [0.1, 0.15) is 11.6 Å². The Kier molecular flexibility index (Phi) is 5.06. The van der Waals surface area contributed by atoms with E-state index in [0.717, 1.165) is 5.56 Å². The Balaban J connectivity index is 2.13. The topological polar surface area (TPSA) is 38.0 Å². The molecule has 0 fully saturated rings. The van der Waals surface area contributed by atoms with Crippen LogP contribution in [0.25, 0.3) is 0 Å². The van der Waals surface area contributed by atoms with Crippen LogP contribution in [0.2, 0.25) is 5.02 Å². The Morgan fingerprint density at radius 2 is 1.70 bits per heavy atom. The first-order valence-corrected chi connectivity index (χ1v) is 6.61. The van der Waals surface area contributed by atoms with Gasteiger partial charge in [0.25, 0.3) is 0 Å². The number of nitrogens with two attached hydrogens (primary N) is 1. The van der Waals surface area contributed by atoms with Crippen LogP contribution < -0.4 is 11.3 Å². The third-order valence-electron chi connectivity index (χ3n) is 3.12. The lowest BCUT2D eigenvalue weighted by Crippen LogP contribution is -2.38. The fourth-order valence-electron chi connectivity index (χ4n) is 2.11. The van der Waals surface area contributed by atoms with E-state index in [1.54, 1.807) is 6.07 Å². The standard InChI is InChI=1S/C15H15ClF2N2/c16-11-4-1-3-10(7-11)8-12(20-19)9-13-14(17)5-2-6-15(13)18/h1-7,12,20H,8-9,19H2. The van der Waals surface area contributed by atoms with Crippen LogP contribution in [0, 0.1) is 11.6 Å². The molecule has 3 N–H and O–H groups in total. The minimum Gasteiger partial charge on any atom is -0.271 e. The minimum absolute atomic E-state index is 0.0393. The molecule has 0 spiro atoms. The van der Waals surface area contributed by atoms with Crippen LogP contribution in [0.1, 0.15) is 11.1 Å². The molecule has 0 aliphatic heterocycles. The van der Waals surface area contributed by atoms with Gasteiger partial charge in [-0.15, -0.1) is 0 Å². The fourth-order valence-corrected chi connectivity index (χ4v) is 2.33. The van der Waals surface area contributed by atoms with Crippen molar-refractivity contribution in [2.45, 2.75) is 18.9 Å². The van der Waals surface area contributed by atoms with Gasteiger partial charge in [-0.25, -0.2) is 8.78 Å². The summed E-state index contributed by atoms with van der Waals surface area (Å²) in [5.74, 6) is 4.36. The Hall–Kier alpha value is -1.49. The molecule has 5 heteroatoms. The molecular weight excluding hydrogens is 282 g/mol. The average molecular weight is 297 g/mol. The van der Waals surface area contributed by atoms with Crippen molar-refractivity contribution in [2.75, 3.05) is 0 Å². The summed E-state index contributed by atoms with van der Waals surface area (Å²) < 4.78 is 27.2. The summed E-state index contributed by atoms with van der Waals surface area (Å²) in [5.41, 5.74) is 3.59. The van der Waals surface area contributed by atoms with E-state index in [-0.39, 0.29) is 18.0 Å². The van der Waals surface area contributed by atoms with Gasteiger partial charge in [0.05, 0.1) is 0 Å². The highest BCUT2D eigenvalue weighted by Gasteiger charge is 2.15. The van der Waals surface area contributed by atoms with E-state index < -0.39 is 11.6 Å². The molecule has 0 bridgehead atoms. The lowest BCUT2D eigenvalue weighted by molar-refractivity contribution is 0.484. The Labute approximate surface area is 121 Å². The molecule has 2 rings (SSSR count). The van der Waals surface area contributed by atoms with Crippen molar-refractivity contribution < 1.29 is 8.78 Å². The maximum Gasteiger partial charge on any atom is 0.129 e. The minimum atomic E-state index is -0.559. The van der Waals surface area contributed by atoms with Gasteiger partial charge in [-0.2, -0.15) is 0 Å². The molecule has 0 aromatic heterocycles. The van der Waals surface area contributed by atoms with Gasteiger partial charge in [-0.3, -0.25) is 11.3 Å². The zero-order valence-corrected chi connectivity index (χ0v) is 11.5. The molecule has 2 nitrogen and oxygen atoms in total.